The number of rotatable bonds is 5. The predicted octanol–water partition coefficient (Wildman–Crippen LogP) is 3.51. The minimum Gasteiger partial charge on any atom is -0.319 e. The summed E-state index contributed by atoms with van der Waals surface area (Å²) in [6.07, 6.45) is 7.59. The third-order valence-electron chi connectivity index (χ3n) is 3.41. The minimum absolute atomic E-state index is 0.862. The van der Waals surface area contributed by atoms with Gasteiger partial charge in [-0.25, -0.2) is 0 Å². The molecule has 2 nitrogen and oxygen atoms in total. The predicted molar refractivity (Wildman–Crippen MR) is 94.8 cm³/mol. The topological polar surface area (TPSA) is 17.8 Å². The molecule has 0 amide bonds. The summed E-state index contributed by atoms with van der Waals surface area (Å²) in [6, 6.07) is 20.6. The second kappa shape index (κ2) is 6.77. The van der Waals surface area contributed by atoms with Crippen molar-refractivity contribution in [2.45, 2.75) is 0 Å². The van der Waals surface area contributed by atoms with Crippen LogP contribution >= 0.6 is 0 Å². The fourth-order valence-electron chi connectivity index (χ4n) is 2.30. The number of hydrogen-bond acceptors (Lipinski definition) is 1. The number of hydrogen-bond donors (Lipinski definition) is 0. The van der Waals surface area contributed by atoms with Crippen LogP contribution in [0.15, 0.2) is 79.6 Å². The molecule has 0 unspecified atom stereocenters. The Balaban J connectivity index is 2.00. The molecule has 2 aromatic carbocycles. The summed E-state index contributed by atoms with van der Waals surface area (Å²) in [6.45, 7) is 3.81. The molecule has 3 rings (SSSR count). The molecule has 0 fully saturated rings. The molecule has 0 aliphatic heterocycles. The summed E-state index contributed by atoms with van der Waals surface area (Å²) in [5.41, 5.74) is 4.29. The molecule has 0 aliphatic rings. The molecule has 0 N–H and O–H groups in total. The lowest BCUT2D eigenvalue weighted by Gasteiger charge is -2.08. The molecule has 1 radical (unpaired) electrons. The summed E-state index contributed by atoms with van der Waals surface area (Å²) in [4.78, 5) is 4.39. The van der Waals surface area contributed by atoms with E-state index in [1.54, 1.807) is 12.4 Å². The first-order valence-electron chi connectivity index (χ1n) is 7.19. The number of benzene rings is 2. The average molecular weight is 283 g/mol. The first-order valence-corrected chi connectivity index (χ1v) is 7.19. The fraction of sp³-hybridized carbons (Fsp3) is 0. The molecule has 1 aromatic heterocycles. The lowest BCUT2D eigenvalue weighted by molar-refractivity contribution is 1.20. The van der Waals surface area contributed by atoms with Crippen molar-refractivity contribution in [3.05, 3.63) is 90.8 Å². The first kappa shape index (κ1) is 14.1. The summed E-state index contributed by atoms with van der Waals surface area (Å²) >= 11 is 0. The first-order chi connectivity index (χ1) is 10.9. The number of aromatic nitrogens is 2. The summed E-state index contributed by atoms with van der Waals surface area (Å²) in [7, 11) is 2.07. The van der Waals surface area contributed by atoms with E-state index in [0.29, 0.717) is 0 Å². The van der Waals surface area contributed by atoms with E-state index >= 15 is 0 Å². The summed E-state index contributed by atoms with van der Waals surface area (Å²) in [5, 5.41) is 0. The maximum Gasteiger partial charge on any atom is 0.241 e. The normalized spacial score (nSPS) is 11.2. The highest BCUT2D eigenvalue weighted by Gasteiger charge is 2.09. The Morgan fingerprint density at radius 2 is 1.68 bits per heavy atom. The number of imidazole rings is 1. The van der Waals surface area contributed by atoms with Crippen molar-refractivity contribution in [2.75, 3.05) is 0 Å². The third kappa shape index (κ3) is 3.26. The Morgan fingerprint density at radius 1 is 1.00 bits per heavy atom. The Hall–Kier alpha value is -2.81. The average Bonchev–Trinajstić information content (AvgIpc) is 3.03. The lowest BCUT2D eigenvalue weighted by Crippen LogP contribution is -2.24. The van der Waals surface area contributed by atoms with Crippen LogP contribution in [-0.4, -0.2) is 16.8 Å². The van der Waals surface area contributed by atoms with Gasteiger partial charge in [0.25, 0.3) is 0 Å². The maximum absolute atomic E-state index is 4.39. The van der Waals surface area contributed by atoms with Crippen LogP contribution in [0.4, 0.5) is 0 Å². The SMILES string of the molecule is C=Cn1ccnc1[B]C(=Cc1ccccc1)c1ccccc1. The van der Waals surface area contributed by atoms with Gasteiger partial charge < -0.3 is 4.57 Å². The van der Waals surface area contributed by atoms with Gasteiger partial charge in [-0.1, -0.05) is 78.8 Å². The molecule has 0 spiro atoms. The van der Waals surface area contributed by atoms with Crippen molar-refractivity contribution in [1.82, 2.24) is 9.55 Å². The molecular formula is C19H16BN2. The van der Waals surface area contributed by atoms with Crippen LogP contribution in [0.5, 0.6) is 0 Å². The van der Waals surface area contributed by atoms with Crippen molar-refractivity contribution >= 4 is 30.8 Å². The van der Waals surface area contributed by atoms with Crippen LogP contribution in [0.3, 0.4) is 0 Å². The summed E-state index contributed by atoms with van der Waals surface area (Å²) < 4.78 is 1.90. The third-order valence-corrected chi connectivity index (χ3v) is 3.41. The molecule has 3 aromatic rings. The van der Waals surface area contributed by atoms with Gasteiger partial charge in [-0.3, -0.25) is 4.98 Å². The van der Waals surface area contributed by atoms with Gasteiger partial charge in [0, 0.05) is 18.6 Å². The second-order valence-electron chi connectivity index (χ2n) is 4.90. The van der Waals surface area contributed by atoms with Crippen molar-refractivity contribution in [3.63, 3.8) is 0 Å². The van der Waals surface area contributed by atoms with Crippen LogP contribution in [0.25, 0.3) is 17.7 Å². The highest BCUT2D eigenvalue weighted by atomic mass is 15.0. The standard InChI is InChI=1S/C19H16BN2/c1-2-22-14-13-21-19(22)20-18(17-11-7-4-8-12-17)15-16-9-5-3-6-10-16/h2-15H,1H2. The van der Waals surface area contributed by atoms with Gasteiger partial charge in [0.15, 0.2) is 0 Å². The van der Waals surface area contributed by atoms with E-state index in [1.165, 1.54) is 0 Å². The molecule has 0 bridgehead atoms. The van der Waals surface area contributed by atoms with Crippen LogP contribution in [0, 0.1) is 0 Å². The zero-order valence-electron chi connectivity index (χ0n) is 12.3. The molecule has 22 heavy (non-hydrogen) atoms. The molecule has 0 saturated carbocycles. The van der Waals surface area contributed by atoms with Crippen LogP contribution in [0.1, 0.15) is 11.1 Å². The zero-order valence-corrected chi connectivity index (χ0v) is 12.3. The van der Waals surface area contributed by atoms with Crippen molar-refractivity contribution in [2.24, 2.45) is 0 Å². The van der Waals surface area contributed by atoms with Gasteiger partial charge in [-0.2, -0.15) is 0 Å². The Kier molecular flexibility index (Phi) is 4.35. The highest BCUT2D eigenvalue weighted by Crippen LogP contribution is 2.17. The summed E-state index contributed by atoms with van der Waals surface area (Å²) in [5.74, 6) is 0. The second-order valence-corrected chi connectivity index (χ2v) is 4.90. The van der Waals surface area contributed by atoms with Crippen molar-refractivity contribution < 1.29 is 0 Å². The van der Waals surface area contributed by atoms with E-state index in [4.69, 9.17) is 0 Å². The van der Waals surface area contributed by atoms with Gasteiger partial charge >= 0.3 is 0 Å². The molecule has 1 heterocycles. The molecular weight excluding hydrogens is 267 g/mol. The van der Waals surface area contributed by atoms with E-state index in [2.05, 4.69) is 49.2 Å². The fourth-order valence-corrected chi connectivity index (χ4v) is 2.30. The lowest BCUT2D eigenvalue weighted by atomic mass is 9.65. The molecule has 0 aliphatic carbocycles. The van der Waals surface area contributed by atoms with E-state index < -0.39 is 0 Å². The molecule has 0 atom stereocenters. The van der Waals surface area contributed by atoms with Gasteiger partial charge in [-0.15, -0.1) is 0 Å². The quantitative estimate of drug-likeness (QED) is 0.517. The van der Waals surface area contributed by atoms with Gasteiger partial charge in [-0.05, 0) is 11.1 Å². The van der Waals surface area contributed by atoms with Crippen molar-refractivity contribution in [1.29, 1.82) is 0 Å². The Labute approximate surface area is 131 Å². The highest BCUT2D eigenvalue weighted by molar-refractivity contribution is 6.73. The number of nitrogens with zero attached hydrogens (tertiary/aromatic N) is 2. The maximum atomic E-state index is 4.39. The monoisotopic (exact) mass is 283 g/mol. The molecule has 3 heteroatoms. The van der Waals surface area contributed by atoms with Gasteiger partial charge in [0.1, 0.15) is 0 Å². The molecule has 0 saturated heterocycles. The van der Waals surface area contributed by atoms with Crippen LogP contribution in [-0.2, 0) is 0 Å². The molecule has 105 valence electrons. The van der Waals surface area contributed by atoms with E-state index in [1.807, 2.05) is 47.2 Å². The van der Waals surface area contributed by atoms with Crippen LogP contribution < -0.4 is 5.72 Å². The zero-order chi connectivity index (χ0) is 15.2. The largest absolute Gasteiger partial charge is 0.319 e. The van der Waals surface area contributed by atoms with Gasteiger partial charge in [0.2, 0.25) is 7.28 Å². The minimum atomic E-state index is 0.862. The van der Waals surface area contributed by atoms with E-state index in [-0.39, 0.29) is 0 Å². The van der Waals surface area contributed by atoms with E-state index in [0.717, 1.165) is 22.3 Å². The smallest absolute Gasteiger partial charge is 0.241 e. The van der Waals surface area contributed by atoms with Gasteiger partial charge in [0.05, 0.1) is 5.72 Å². The Bertz CT molecular complexity index is 773. The van der Waals surface area contributed by atoms with E-state index in [9.17, 15) is 0 Å². The van der Waals surface area contributed by atoms with Crippen molar-refractivity contribution in [3.8, 4) is 0 Å². The van der Waals surface area contributed by atoms with Crippen LogP contribution in [0.2, 0.25) is 0 Å². The Morgan fingerprint density at radius 3 is 2.36 bits per heavy atom.